The van der Waals surface area contributed by atoms with Crippen molar-refractivity contribution in [2.45, 2.75) is 24.3 Å². The SMILES string of the molecule is COCC(=O)N1CCC2(CC1)CN[C@@H](CO)c1c2c2ccc(OC)cc2n1C. The molecule has 2 N–H and O–H groups in total. The van der Waals surface area contributed by atoms with Crippen molar-refractivity contribution < 1.29 is 19.4 Å². The van der Waals surface area contributed by atoms with E-state index in [1.165, 1.54) is 10.9 Å². The zero-order valence-electron chi connectivity index (χ0n) is 16.8. The summed E-state index contributed by atoms with van der Waals surface area (Å²) < 4.78 is 12.6. The van der Waals surface area contributed by atoms with Crippen LogP contribution >= 0.6 is 0 Å². The van der Waals surface area contributed by atoms with Gasteiger partial charge in [-0.05, 0) is 30.5 Å². The average molecular weight is 387 g/mol. The third-order valence-electron chi connectivity index (χ3n) is 6.52. The number of aromatic nitrogens is 1. The first-order valence-corrected chi connectivity index (χ1v) is 9.82. The number of aliphatic hydroxyl groups is 1. The Hall–Kier alpha value is -2.09. The molecule has 0 bridgehead atoms. The zero-order valence-corrected chi connectivity index (χ0v) is 16.8. The number of likely N-dealkylation sites (tertiary alicyclic amines) is 1. The normalized spacial score (nSPS) is 21.1. The van der Waals surface area contributed by atoms with Crippen molar-refractivity contribution in [2.75, 3.05) is 47.1 Å². The number of hydrogen-bond donors (Lipinski definition) is 2. The molecule has 1 spiro atoms. The molecule has 0 saturated carbocycles. The molecule has 152 valence electrons. The number of benzene rings is 1. The number of hydrogen-bond acceptors (Lipinski definition) is 5. The minimum Gasteiger partial charge on any atom is -0.497 e. The second-order valence-corrected chi connectivity index (χ2v) is 7.91. The van der Waals surface area contributed by atoms with E-state index in [1.54, 1.807) is 14.2 Å². The Morgan fingerprint density at radius 2 is 2.07 bits per heavy atom. The molecule has 1 atom stereocenters. The summed E-state index contributed by atoms with van der Waals surface area (Å²) in [6, 6.07) is 6.12. The van der Waals surface area contributed by atoms with Crippen LogP contribution in [0.5, 0.6) is 5.75 Å². The minimum atomic E-state index is -0.0860. The number of fused-ring (bicyclic) bond motifs is 4. The van der Waals surface area contributed by atoms with Crippen LogP contribution in [-0.2, 0) is 22.0 Å². The van der Waals surface area contributed by atoms with Crippen molar-refractivity contribution in [1.82, 2.24) is 14.8 Å². The van der Waals surface area contributed by atoms with E-state index in [4.69, 9.17) is 9.47 Å². The van der Waals surface area contributed by atoms with E-state index in [-0.39, 0.29) is 30.6 Å². The summed E-state index contributed by atoms with van der Waals surface area (Å²) in [5, 5.41) is 14.8. The van der Waals surface area contributed by atoms with Crippen molar-refractivity contribution in [2.24, 2.45) is 7.05 Å². The maximum absolute atomic E-state index is 12.2. The minimum absolute atomic E-state index is 0.0427. The average Bonchev–Trinajstić information content (AvgIpc) is 3.02. The quantitative estimate of drug-likeness (QED) is 0.828. The summed E-state index contributed by atoms with van der Waals surface area (Å²) in [6.07, 6.45) is 1.79. The maximum atomic E-state index is 12.2. The van der Waals surface area contributed by atoms with Gasteiger partial charge >= 0.3 is 0 Å². The van der Waals surface area contributed by atoms with Gasteiger partial charge in [0.1, 0.15) is 12.4 Å². The molecule has 2 aliphatic heterocycles. The number of carbonyl (C=O) groups is 1. The van der Waals surface area contributed by atoms with Gasteiger partial charge in [-0.2, -0.15) is 0 Å². The summed E-state index contributed by atoms with van der Waals surface area (Å²) in [4.78, 5) is 14.1. The van der Waals surface area contributed by atoms with Crippen LogP contribution in [0.3, 0.4) is 0 Å². The fourth-order valence-electron chi connectivity index (χ4n) is 5.01. The van der Waals surface area contributed by atoms with Gasteiger partial charge in [-0.3, -0.25) is 4.79 Å². The van der Waals surface area contributed by atoms with Gasteiger partial charge in [0.15, 0.2) is 0 Å². The van der Waals surface area contributed by atoms with Gasteiger partial charge in [0.2, 0.25) is 5.91 Å². The van der Waals surface area contributed by atoms with E-state index in [2.05, 4.69) is 29.1 Å². The summed E-state index contributed by atoms with van der Waals surface area (Å²) in [7, 11) is 5.29. The molecule has 2 aliphatic rings. The second-order valence-electron chi connectivity index (χ2n) is 7.91. The van der Waals surface area contributed by atoms with Crippen molar-refractivity contribution >= 4 is 16.8 Å². The van der Waals surface area contributed by atoms with Crippen molar-refractivity contribution in [3.8, 4) is 5.75 Å². The number of methoxy groups -OCH3 is 2. The van der Waals surface area contributed by atoms with Crippen LogP contribution in [0.1, 0.15) is 30.1 Å². The summed E-state index contributed by atoms with van der Waals surface area (Å²) in [6.45, 7) is 2.45. The zero-order chi connectivity index (χ0) is 19.9. The predicted octanol–water partition coefficient (Wildman–Crippen LogP) is 1.33. The van der Waals surface area contributed by atoms with Crippen LogP contribution in [0.25, 0.3) is 10.9 Å². The van der Waals surface area contributed by atoms with Crippen LogP contribution in [-0.4, -0.2) is 67.5 Å². The van der Waals surface area contributed by atoms with Gasteiger partial charge in [-0.15, -0.1) is 0 Å². The summed E-state index contributed by atoms with van der Waals surface area (Å²) in [5.74, 6) is 0.880. The topological polar surface area (TPSA) is 76.0 Å². The summed E-state index contributed by atoms with van der Waals surface area (Å²) in [5.41, 5.74) is 3.54. The van der Waals surface area contributed by atoms with Crippen LogP contribution in [0.4, 0.5) is 0 Å². The van der Waals surface area contributed by atoms with Gasteiger partial charge in [-0.1, -0.05) is 0 Å². The number of ether oxygens (including phenoxy) is 2. The molecule has 7 heteroatoms. The van der Waals surface area contributed by atoms with E-state index >= 15 is 0 Å². The lowest BCUT2D eigenvalue weighted by Crippen LogP contribution is -2.53. The van der Waals surface area contributed by atoms with Gasteiger partial charge in [0, 0.05) is 56.4 Å². The van der Waals surface area contributed by atoms with Gasteiger partial charge in [-0.25, -0.2) is 0 Å². The molecule has 28 heavy (non-hydrogen) atoms. The number of nitrogens with one attached hydrogen (secondary N) is 1. The molecule has 1 saturated heterocycles. The van der Waals surface area contributed by atoms with Crippen molar-refractivity contribution in [3.05, 3.63) is 29.5 Å². The maximum Gasteiger partial charge on any atom is 0.248 e. The van der Waals surface area contributed by atoms with Crippen LogP contribution < -0.4 is 10.1 Å². The Kier molecular flexibility index (Phi) is 5.07. The number of carbonyl (C=O) groups excluding carboxylic acids is 1. The van der Waals surface area contributed by atoms with E-state index in [0.717, 1.165) is 49.4 Å². The largest absolute Gasteiger partial charge is 0.497 e. The highest BCUT2D eigenvalue weighted by atomic mass is 16.5. The van der Waals surface area contributed by atoms with Crippen LogP contribution in [0.2, 0.25) is 0 Å². The molecule has 0 aliphatic carbocycles. The lowest BCUT2D eigenvalue weighted by molar-refractivity contribution is -0.136. The Morgan fingerprint density at radius 1 is 1.32 bits per heavy atom. The first kappa shape index (κ1) is 19.2. The molecule has 7 nitrogen and oxygen atoms in total. The molecule has 0 radical (unpaired) electrons. The lowest BCUT2D eigenvalue weighted by Gasteiger charge is -2.46. The Bertz CT molecular complexity index is 883. The highest BCUT2D eigenvalue weighted by Crippen LogP contribution is 2.47. The Labute approximate surface area is 165 Å². The smallest absolute Gasteiger partial charge is 0.248 e. The number of aliphatic hydroxyl groups excluding tert-OH is 1. The van der Waals surface area contributed by atoms with Gasteiger partial charge < -0.3 is 29.4 Å². The fourth-order valence-corrected chi connectivity index (χ4v) is 5.01. The molecule has 0 unspecified atom stereocenters. The molecule has 3 heterocycles. The molecular formula is C21H29N3O4. The molecule has 1 fully saturated rings. The fraction of sp³-hybridized carbons (Fsp3) is 0.571. The monoisotopic (exact) mass is 387 g/mol. The van der Waals surface area contributed by atoms with Gasteiger partial charge in [0.05, 0.1) is 25.3 Å². The van der Waals surface area contributed by atoms with Crippen molar-refractivity contribution in [3.63, 3.8) is 0 Å². The standard InChI is InChI=1S/C21H29N3O4/c1-23-17-10-14(28-3)4-5-15(17)19-20(23)16(11-25)22-13-21(19)6-8-24(9-7-21)18(26)12-27-2/h4-5,10,16,22,25H,6-9,11-13H2,1-3H3/t16-/m0/s1. The number of piperidine rings is 1. The first-order chi connectivity index (χ1) is 13.5. The van der Waals surface area contributed by atoms with Gasteiger partial charge in [0.25, 0.3) is 0 Å². The van der Waals surface area contributed by atoms with Crippen LogP contribution in [0.15, 0.2) is 18.2 Å². The summed E-state index contributed by atoms with van der Waals surface area (Å²) >= 11 is 0. The van der Waals surface area contributed by atoms with Crippen LogP contribution in [0, 0.1) is 0 Å². The van der Waals surface area contributed by atoms with Crippen molar-refractivity contribution in [1.29, 1.82) is 0 Å². The second kappa shape index (κ2) is 7.39. The van der Waals surface area contributed by atoms with E-state index in [0.29, 0.717) is 0 Å². The number of rotatable bonds is 4. The number of amides is 1. The predicted molar refractivity (Wildman–Crippen MR) is 107 cm³/mol. The molecule has 1 aromatic heterocycles. The number of nitrogens with zero attached hydrogens (tertiary/aromatic N) is 2. The Morgan fingerprint density at radius 3 is 2.71 bits per heavy atom. The third kappa shape index (κ3) is 2.89. The Balaban J connectivity index is 1.77. The molecule has 1 aromatic carbocycles. The molecular weight excluding hydrogens is 358 g/mol. The van der Waals surface area contributed by atoms with E-state index in [1.807, 2.05) is 11.0 Å². The third-order valence-corrected chi connectivity index (χ3v) is 6.52. The van der Waals surface area contributed by atoms with E-state index in [9.17, 15) is 9.90 Å². The molecule has 4 rings (SSSR count). The van der Waals surface area contributed by atoms with E-state index < -0.39 is 0 Å². The highest BCUT2D eigenvalue weighted by Gasteiger charge is 2.45. The molecule has 1 amide bonds. The highest BCUT2D eigenvalue weighted by molar-refractivity contribution is 5.88. The number of aryl methyl sites for hydroxylation is 1. The lowest BCUT2D eigenvalue weighted by atomic mass is 9.69. The molecule has 2 aromatic rings. The first-order valence-electron chi connectivity index (χ1n) is 9.82.